The van der Waals surface area contributed by atoms with Crippen molar-refractivity contribution in [1.29, 1.82) is 0 Å². The Labute approximate surface area is 214 Å². The van der Waals surface area contributed by atoms with Crippen molar-refractivity contribution in [1.82, 2.24) is 15.2 Å². The second kappa shape index (κ2) is 7.23. The summed E-state index contributed by atoms with van der Waals surface area (Å²) in [6.07, 6.45) is 4.87. The van der Waals surface area contributed by atoms with Crippen molar-refractivity contribution in [3.05, 3.63) is 62.6 Å². The Bertz CT molecular complexity index is 1430. The SMILES string of the molecule is CC(NC(=O)c1cc2c([nH]c1=O)CC13CC4(Cc5ccc(O)cc51)CN(CC1CC1)C4C3(O)C2)C(N)=O. The first kappa shape index (κ1) is 23.0. The van der Waals surface area contributed by atoms with Crippen LogP contribution in [0.25, 0.3) is 0 Å². The third kappa shape index (κ3) is 3.01. The van der Waals surface area contributed by atoms with Crippen molar-refractivity contribution in [3.63, 3.8) is 0 Å². The summed E-state index contributed by atoms with van der Waals surface area (Å²) in [5, 5.41) is 25.7. The first-order valence-electron chi connectivity index (χ1n) is 13.2. The number of phenolic OH excluding ortho intramolecular Hbond substituents is 1. The van der Waals surface area contributed by atoms with Crippen molar-refractivity contribution in [3.8, 4) is 5.75 Å². The molecule has 2 bridgehead atoms. The fourth-order valence-corrected chi connectivity index (χ4v) is 8.33. The van der Waals surface area contributed by atoms with Gasteiger partial charge in [-0.15, -0.1) is 0 Å². The van der Waals surface area contributed by atoms with E-state index in [-0.39, 0.29) is 22.8 Å². The summed E-state index contributed by atoms with van der Waals surface area (Å²) in [7, 11) is 0. The molecule has 3 fully saturated rings. The van der Waals surface area contributed by atoms with Gasteiger partial charge in [0, 0.05) is 48.5 Å². The van der Waals surface area contributed by atoms with E-state index in [9.17, 15) is 24.6 Å². The van der Waals surface area contributed by atoms with E-state index in [0.717, 1.165) is 42.8 Å². The van der Waals surface area contributed by atoms with Gasteiger partial charge in [-0.05, 0) is 73.4 Å². The zero-order chi connectivity index (χ0) is 25.9. The number of aromatic nitrogens is 1. The molecule has 9 heteroatoms. The van der Waals surface area contributed by atoms with Crippen LogP contribution >= 0.6 is 0 Å². The van der Waals surface area contributed by atoms with E-state index >= 15 is 0 Å². The van der Waals surface area contributed by atoms with Gasteiger partial charge in [0.2, 0.25) is 5.91 Å². The van der Waals surface area contributed by atoms with Crippen LogP contribution in [-0.2, 0) is 29.5 Å². The number of carbonyl (C=O) groups excluding carboxylic acids is 2. The molecule has 9 nitrogen and oxygen atoms in total. The second-order valence-electron chi connectivity index (χ2n) is 12.3. The first-order valence-corrected chi connectivity index (χ1v) is 13.2. The molecule has 5 aliphatic rings. The van der Waals surface area contributed by atoms with Crippen LogP contribution in [0.2, 0.25) is 0 Å². The van der Waals surface area contributed by atoms with E-state index in [0.29, 0.717) is 18.8 Å². The molecule has 2 saturated carbocycles. The number of aromatic amines is 1. The van der Waals surface area contributed by atoms with Gasteiger partial charge in [0.25, 0.3) is 11.5 Å². The predicted octanol–water partition coefficient (Wildman–Crippen LogP) is 0.492. The number of amides is 2. The van der Waals surface area contributed by atoms with Crippen LogP contribution in [0.5, 0.6) is 5.75 Å². The number of aromatic hydroxyl groups is 1. The highest BCUT2D eigenvalue weighted by molar-refractivity contribution is 5.97. The molecule has 1 aromatic heterocycles. The molecule has 6 N–H and O–H groups in total. The minimum atomic E-state index is -1.11. The van der Waals surface area contributed by atoms with Gasteiger partial charge in [-0.25, -0.2) is 0 Å². The standard InChI is InChI=1S/C28H32N4O5/c1-14(22(29)34)30-23(35)19-6-17-9-28(37)25-26(13-32(25)11-15-2-3-15)8-16-4-5-18(33)7-20(16)27(28,12-26)10-21(17)31-24(19)36/h4-7,14-15,25,33,37H,2-3,8-13H2,1H3,(H2,29,34)(H,30,35)(H,31,36). The number of nitrogens with two attached hydrogens (primary N) is 1. The topological polar surface area (TPSA) is 149 Å². The molecule has 0 radical (unpaired) electrons. The number of pyridine rings is 1. The monoisotopic (exact) mass is 504 g/mol. The largest absolute Gasteiger partial charge is 0.508 e. The molecule has 2 spiro atoms. The molecule has 4 aliphatic carbocycles. The number of H-pyrrole nitrogens is 1. The first-order chi connectivity index (χ1) is 17.5. The molecule has 5 atom stereocenters. The Morgan fingerprint density at radius 1 is 1.22 bits per heavy atom. The average molecular weight is 505 g/mol. The number of fused-ring (bicyclic) bond motifs is 3. The normalized spacial score (nSPS) is 33.8. The van der Waals surface area contributed by atoms with E-state index in [2.05, 4.69) is 15.2 Å². The van der Waals surface area contributed by atoms with Gasteiger partial charge in [0.1, 0.15) is 17.4 Å². The lowest BCUT2D eigenvalue weighted by atomic mass is 9.58. The van der Waals surface area contributed by atoms with Gasteiger partial charge in [0.15, 0.2) is 0 Å². The summed E-state index contributed by atoms with van der Waals surface area (Å²) in [6.45, 7) is 3.41. The highest BCUT2D eigenvalue weighted by atomic mass is 16.3. The van der Waals surface area contributed by atoms with Crippen LogP contribution in [0.1, 0.15) is 58.9 Å². The third-order valence-corrected chi connectivity index (χ3v) is 9.91. The fourth-order valence-electron chi connectivity index (χ4n) is 8.33. The number of nitrogens with one attached hydrogen (secondary N) is 2. The van der Waals surface area contributed by atoms with E-state index in [4.69, 9.17) is 5.73 Å². The van der Waals surface area contributed by atoms with Crippen molar-refractivity contribution in [2.24, 2.45) is 17.1 Å². The number of benzene rings is 1. The molecule has 2 heterocycles. The summed E-state index contributed by atoms with van der Waals surface area (Å²) < 4.78 is 0. The van der Waals surface area contributed by atoms with E-state index < -0.39 is 34.4 Å². The number of nitrogens with zero attached hydrogens (tertiary/aromatic N) is 1. The maximum Gasteiger partial charge on any atom is 0.261 e. The van der Waals surface area contributed by atoms with Gasteiger partial charge in [0.05, 0.1) is 5.60 Å². The average Bonchev–Trinajstić information content (AvgIpc) is 3.61. The number of rotatable bonds is 5. The number of hydrogen-bond acceptors (Lipinski definition) is 6. The Balaban J connectivity index is 1.34. The Morgan fingerprint density at radius 2 is 2.00 bits per heavy atom. The highest BCUT2D eigenvalue weighted by Crippen LogP contribution is 2.70. The third-order valence-electron chi connectivity index (χ3n) is 9.91. The van der Waals surface area contributed by atoms with Gasteiger partial charge in [-0.2, -0.15) is 0 Å². The minimum Gasteiger partial charge on any atom is -0.508 e. The van der Waals surface area contributed by atoms with Crippen molar-refractivity contribution in [2.75, 3.05) is 13.1 Å². The van der Waals surface area contributed by atoms with E-state index in [1.807, 2.05) is 6.07 Å². The van der Waals surface area contributed by atoms with E-state index in [1.165, 1.54) is 25.3 Å². The highest BCUT2D eigenvalue weighted by Gasteiger charge is 2.78. The van der Waals surface area contributed by atoms with E-state index in [1.54, 1.807) is 18.2 Å². The summed E-state index contributed by atoms with van der Waals surface area (Å²) >= 11 is 0. The maximum absolute atomic E-state index is 13.0. The number of hydrogen-bond donors (Lipinski definition) is 5. The van der Waals surface area contributed by atoms with Crippen LogP contribution in [0.15, 0.2) is 29.1 Å². The number of phenols is 1. The molecular weight excluding hydrogens is 472 g/mol. The zero-order valence-corrected chi connectivity index (χ0v) is 20.8. The number of primary amides is 1. The Hall–Kier alpha value is -3.17. The molecule has 1 saturated heterocycles. The van der Waals surface area contributed by atoms with Crippen LogP contribution < -0.4 is 16.6 Å². The van der Waals surface area contributed by atoms with Crippen LogP contribution in [0.3, 0.4) is 0 Å². The fraction of sp³-hybridized carbons (Fsp3) is 0.536. The summed E-state index contributed by atoms with van der Waals surface area (Å²) in [5.41, 5.74) is 6.45. The molecule has 2 amide bonds. The summed E-state index contributed by atoms with van der Waals surface area (Å²) in [5.74, 6) is -0.488. The van der Waals surface area contributed by atoms with Gasteiger partial charge < -0.3 is 26.2 Å². The molecular formula is C28H32N4O5. The lowest BCUT2D eigenvalue weighted by molar-refractivity contribution is -0.148. The molecule has 37 heavy (non-hydrogen) atoms. The molecule has 194 valence electrons. The molecule has 5 unspecified atom stereocenters. The smallest absolute Gasteiger partial charge is 0.261 e. The predicted molar refractivity (Wildman–Crippen MR) is 134 cm³/mol. The number of aliphatic hydroxyl groups is 1. The van der Waals surface area contributed by atoms with Crippen LogP contribution in [0.4, 0.5) is 0 Å². The molecule has 1 aromatic carbocycles. The molecule has 7 rings (SSSR count). The van der Waals surface area contributed by atoms with Gasteiger partial charge in [-0.1, -0.05) is 6.07 Å². The van der Waals surface area contributed by atoms with Gasteiger partial charge >= 0.3 is 0 Å². The van der Waals surface area contributed by atoms with Crippen molar-refractivity contribution >= 4 is 11.8 Å². The summed E-state index contributed by atoms with van der Waals surface area (Å²) in [6, 6.07) is 6.15. The van der Waals surface area contributed by atoms with Crippen LogP contribution in [-0.4, -0.2) is 62.7 Å². The number of likely N-dealkylation sites (tertiary alicyclic amines) is 1. The Kier molecular flexibility index (Phi) is 4.49. The van der Waals surface area contributed by atoms with Crippen molar-refractivity contribution in [2.45, 2.75) is 68.5 Å². The van der Waals surface area contributed by atoms with Gasteiger partial charge in [-0.3, -0.25) is 19.3 Å². The lowest BCUT2D eigenvalue weighted by Gasteiger charge is -2.58. The number of carbonyl (C=O) groups is 2. The molecule has 2 aromatic rings. The molecule has 1 aliphatic heterocycles. The minimum absolute atomic E-state index is 0.0256. The zero-order valence-electron chi connectivity index (χ0n) is 20.8. The summed E-state index contributed by atoms with van der Waals surface area (Å²) in [4.78, 5) is 42.7. The van der Waals surface area contributed by atoms with Crippen LogP contribution in [0, 0.1) is 11.3 Å². The lowest BCUT2D eigenvalue weighted by Crippen LogP contribution is -2.71. The quantitative estimate of drug-likeness (QED) is 0.400. The Morgan fingerprint density at radius 3 is 2.73 bits per heavy atom. The maximum atomic E-state index is 13.0. The second-order valence-corrected chi connectivity index (χ2v) is 12.3. The van der Waals surface area contributed by atoms with Crippen molar-refractivity contribution < 1.29 is 19.8 Å².